The maximum Gasteiger partial charge on any atom is 0.310 e. The molecule has 1 atom stereocenters. The molecule has 1 aliphatic heterocycles. The lowest BCUT2D eigenvalue weighted by molar-refractivity contribution is -0.138. The number of carboxylic acids is 1. The largest absolute Gasteiger partial charge is 0.481 e. The van der Waals surface area contributed by atoms with Crippen molar-refractivity contribution in [3.8, 4) is 11.1 Å². The molecule has 0 saturated carbocycles. The van der Waals surface area contributed by atoms with Gasteiger partial charge in [0.25, 0.3) is 5.91 Å². The van der Waals surface area contributed by atoms with Crippen LogP contribution in [0.2, 0.25) is 0 Å². The predicted octanol–water partition coefficient (Wildman–Crippen LogP) is 5.01. The summed E-state index contributed by atoms with van der Waals surface area (Å²) in [5, 5.41) is 9.15. The third-order valence-electron chi connectivity index (χ3n) is 5.37. The molecule has 0 bridgehead atoms. The highest BCUT2D eigenvalue weighted by Gasteiger charge is 2.29. The van der Waals surface area contributed by atoms with E-state index in [4.69, 9.17) is 5.11 Å². The lowest BCUT2D eigenvalue weighted by atomic mass is 10.00. The Bertz CT molecular complexity index is 1050. The number of nitrogens with zero attached hydrogens (tertiary/aromatic N) is 1. The predicted molar refractivity (Wildman–Crippen MR) is 110 cm³/mol. The molecule has 4 heteroatoms. The van der Waals surface area contributed by atoms with Crippen LogP contribution in [-0.4, -0.2) is 17.0 Å². The van der Waals surface area contributed by atoms with E-state index >= 15 is 0 Å². The topological polar surface area (TPSA) is 57.6 Å². The second-order valence-electron chi connectivity index (χ2n) is 7.28. The van der Waals surface area contributed by atoms with Gasteiger partial charge in [-0.3, -0.25) is 9.59 Å². The van der Waals surface area contributed by atoms with Crippen molar-refractivity contribution in [1.82, 2.24) is 0 Å². The summed E-state index contributed by atoms with van der Waals surface area (Å²) in [5.74, 6) is -1.46. The lowest BCUT2D eigenvalue weighted by Crippen LogP contribution is -2.23. The molecule has 0 aliphatic carbocycles. The molecule has 28 heavy (non-hydrogen) atoms. The van der Waals surface area contributed by atoms with Gasteiger partial charge in [0.05, 0.1) is 12.5 Å². The van der Waals surface area contributed by atoms with Gasteiger partial charge >= 0.3 is 5.97 Å². The minimum atomic E-state index is -0.860. The molecule has 140 valence electrons. The molecule has 1 aliphatic rings. The summed E-state index contributed by atoms with van der Waals surface area (Å²) in [5.41, 5.74) is 6.55. The Morgan fingerprint density at radius 1 is 0.964 bits per heavy atom. The van der Waals surface area contributed by atoms with Gasteiger partial charge in [-0.05, 0) is 54.3 Å². The molecule has 4 nitrogen and oxygen atoms in total. The zero-order valence-electron chi connectivity index (χ0n) is 15.8. The number of carbonyl (C=O) groups excluding carboxylic acids is 1. The Balaban J connectivity index is 1.61. The zero-order chi connectivity index (χ0) is 19.8. The van der Waals surface area contributed by atoms with Gasteiger partial charge in [-0.15, -0.1) is 0 Å². The molecule has 0 aromatic heterocycles. The Morgan fingerprint density at radius 3 is 2.25 bits per heavy atom. The number of anilines is 1. The normalized spacial score (nSPS) is 14.1. The van der Waals surface area contributed by atoms with Crippen LogP contribution in [0.5, 0.6) is 0 Å². The number of rotatable bonds is 4. The summed E-state index contributed by atoms with van der Waals surface area (Å²) in [7, 11) is 0. The van der Waals surface area contributed by atoms with E-state index in [1.165, 1.54) is 5.56 Å². The van der Waals surface area contributed by atoms with Crippen molar-refractivity contribution in [2.45, 2.75) is 26.3 Å². The molecule has 0 saturated heterocycles. The van der Waals surface area contributed by atoms with Crippen molar-refractivity contribution in [1.29, 1.82) is 0 Å². The van der Waals surface area contributed by atoms with Gasteiger partial charge in [0.15, 0.2) is 0 Å². The van der Waals surface area contributed by atoms with E-state index < -0.39 is 11.9 Å². The summed E-state index contributed by atoms with van der Waals surface area (Å²) in [6, 6.07) is 21.5. The first kappa shape index (κ1) is 18.0. The average molecular weight is 371 g/mol. The van der Waals surface area contributed by atoms with Crippen molar-refractivity contribution in [3.05, 3.63) is 89.0 Å². The van der Waals surface area contributed by atoms with E-state index in [-0.39, 0.29) is 5.91 Å². The number of carboxylic acid groups (broad SMARTS) is 1. The maximum atomic E-state index is 13.0. The minimum Gasteiger partial charge on any atom is -0.481 e. The van der Waals surface area contributed by atoms with Gasteiger partial charge < -0.3 is 10.0 Å². The molecule has 0 spiro atoms. The minimum absolute atomic E-state index is 0.0250. The van der Waals surface area contributed by atoms with Gasteiger partial charge in [-0.1, -0.05) is 54.1 Å². The van der Waals surface area contributed by atoms with Gasteiger partial charge in [-0.25, -0.2) is 0 Å². The Labute approximate surface area is 164 Å². The number of hydrogen-bond acceptors (Lipinski definition) is 2. The molecule has 1 amide bonds. The Morgan fingerprint density at radius 2 is 1.61 bits per heavy atom. The van der Waals surface area contributed by atoms with E-state index in [1.807, 2.05) is 24.3 Å². The van der Waals surface area contributed by atoms with E-state index in [0.717, 1.165) is 33.5 Å². The molecule has 0 fully saturated rings. The van der Waals surface area contributed by atoms with Crippen molar-refractivity contribution in [2.75, 3.05) is 4.90 Å². The summed E-state index contributed by atoms with van der Waals surface area (Å²) in [4.78, 5) is 25.9. The number of amides is 1. The summed E-state index contributed by atoms with van der Waals surface area (Å²) >= 11 is 0. The van der Waals surface area contributed by atoms with Gasteiger partial charge in [0.1, 0.15) is 0 Å². The number of aryl methyl sites for hydroxylation is 1. The molecule has 4 rings (SSSR count). The van der Waals surface area contributed by atoms with Crippen LogP contribution >= 0.6 is 0 Å². The Kier molecular flexibility index (Phi) is 4.47. The molecule has 3 aromatic carbocycles. The first-order chi connectivity index (χ1) is 13.4. The van der Waals surface area contributed by atoms with Crippen molar-refractivity contribution in [2.24, 2.45) is 0 Å². The summed E-state index contributed by atoms with van der Waals surface area (Å²) < 4.78 is 0. The second kappa shape index (κ2) is 6.97. The third kappa shape index (κ3) is 3.18. The fraction of sp³-hybridized carbons (Fsp3) is 0.167. The second-order valence-corrected chi connectivity index (χ2v) is 7.28. The quantitative estimate of drug-likeness (QED) is 0.701. The summed E-state index contributed by atoms with van der Waals surface area (Å²) in [6.45, 7) is 4.23. The lowest BCUT2D eigenvalue weighted by Gasteiger charge is -2.17. The number of carbonyl (C=O) groups is 2. The first-order valence-corrected chi connectivity index (χ1v) is 9.28. The number of aliphatic carboxylic acids is 1. The third-order valence-corrected chi connectivity index (χ3v) is 5.37. The standard InChI is InChI=1S/C24H21NO3/c1-15-3-5-18(6-4-15)19-7-8-20-14-25(23(26)22(20)13-19)21-11-9-17(10-12-21)16(2)24(27)28/h3-13,16H,14H2,1-2H3,(H,27,28). The van der Waals surface area contributed by atoms with Crippen LogP contribution in [0.25, 0.3) is 11.1 Å². The van der Waals surface area contributed by atoms with E-state index in [1.54, 1.807) is 24.0 Å². The highest BCUT2D eigenvalue weighted by Crippen LogP contribution is 2.32. The van der Waals surface area contributed by atoms with Crippen molar-refractivity contribution in [3.63, 3.8) is 0 Å². The highest BCUT2D eigenvalue weighted by atomic mass is 16.4. The monoisotopic (exact) mass is 371 g/mol. The number of fused-ring (bicyclic) bond motifs is 1. The molecular formula is C24H21NO3. The van der Waals surface area contributed by atoms with Crippen LogP contribution in [-0.2, 0) is 11.3 Å². The van der Waals surface area contributed by atoms with Crippen LogP contribution < -0.4 is 4.90 Å². The molecular weight excluding hydrogens is 350 g/mol. The number of hydrogen-bond donors (Lipinski definition) is 1. The van der Waals surface area contributed by atoms with E-state index in [9.17, 15) is 9.59 Å². The van der Waals surface area contributed by atoms with Crippen LogP contribution in [0.3, 0.4) is 0 Å². The molecule has 1 N–H and O–H groups in total. The summed E-state index contributed by atoms with van der Waals surface area (Å²) in [6.07, 6.45) is 0. The molecule has 0 radical (unpaired) electrons. The maximum absolute atomic E-state index is 13.0. The SMILES string of the molecule is Cc1ccc(-c2ccc3c(c2)C(=O)N(c2ccc(C(C)C(=O)O)cc2)C3)cc1. The van der Waals surface area contributed by atoms with Crippen molar-refractivity contribution >= 4 is 17.6 Å². The van der Waals surface area contributed by atoms with E-state index in [0.29, 0.717) is 6.54 Å². The van der Waals surface area contributed by atoms with E-state index in [2.05, 4.69) is 37.3 Å². The molecule has 3 aromatic rings. The van der Waals surface area contributed by atoms with Crippen molar-refractivity contribution < 1.29 is 14.7 Å². The van der Waals surface area contributed by atoms with Crippen LogP contribution in [0.1, 0.15) is 39.9 Å². The zero-order valence-corrected chi connectivity index (χ0v) is 15.8. The Hall–Kier alpha value is -3.40. The first-order valence-electron chi connectivity index (χ1n) is 9.28. The molecule has 1 unspecified atom stereocenters. The number of benzene rings is 3. The highest BCUT2D eigenvalue weighted by molar-refractivity contribution is 6.10. The average Bonchev–Trinajstić information content (AvgIpc) is 3.04. The van der Waals surface area contributed by atoms with Gasteiger partial charge in [-0.2, -0.15) is 0 Å². The fourth-order valence-electron chi connectivity index (χ4n) is 3.52. The van der Waals surface area contributed by atoms with Gasteiger partial charge in [0.2, 0.25) is 0 Å². The van der Waals surface area contributed by atoms with Crippen LogP contribution in [0.4, 0.5) is 5.69 Å². The fourth-order valence-corrected chi connectivity index (χ4v) is 3.52. The van der Waals surface area contributed by atoms with Crippen LogP contribution in [0.15, 0.2) is 66.7 Å². The van der Waals surface area contributed by atoms with Gasteiger partial charge in [0, 0.05) is 11.3 Å². The van der Waals surface area contributed by atoms with Crippen LogP contribution in [0, 0.1) is 6.92 Å². The smallest absolute Gasteiger partial charge is 0.310 e. The molecule has 1 heterocycles.